The fourth-order valence-corrected chi connectivity index (χ4v) is 1.27. The number of hydrogen-bond acceptors (Lipinski definition) is 2. The predicted molar refractivity (Wildman–Crippen MR) is 69.4 cm³/mol. The average molecular weight is 226 g/mol. The Hall–Kier alpha value is -0.830. The Bertz CT molecular complexity index is 214. The van der Waals surface area contributed by atoms with Crippen molar-refractivity contribution < 1.29 is 4.79 Å². The Kier molecular flexibility index (Phi) is 8.91. The lowest BCUT2D eigenvalue weighted by atomic mass is 9.99. The van der Waals surface area contributed by atoms with Gasteiger partial charge in [-0.3, -0.25) is 4.79 Å². The first kappa shape index (κ1) is 15.2. The van der Waals surface area contributed by atoms with Crippen molar-refractivity contribution in [3.8, 4) is 0 Å². The molecular weight excluding hydrogens is 200 g/mol. The van der Waals surface area contributed by atoms with Gasteiger partial charge in [-0.2, -0.15) is 0 Å². The quantitative estimate of drug-likeness (QED) is 0.467. The van der Waals surface area contributed by atoms with Gasteiger partial charge < -0.3 is 10.6 Å². The molecule has 0 aromatic carbocycles. The average Bonchev–Trinajstić information content (AvgIpc) is 2.25. The minimum atomic E-state index is 0.145. The molecule has 3 nitrogen and oxygen atoms in total. The summed E-state index contributed by atoms with van der Waals surface area (Å²) in [5.74, 6) is 0.579. The standard InChI is InChI=1S/C13H26N2O/c1-5-8-14-9-10-15-13(16)7-6-12(4)11(2)3/h12,14H,2,5-10H2,1,3-4H3,(H,15,16). The van der Waals surface area contributed by atoms with Gasteiger partial charge in [0.1, 0.15) is 0 Å². The molecule has 94 valence electrons. The predicted octanol–water partition coefficient (Wildman–Crippen LogP) is 2.09. The van der Waals surface area contributed by atoms with Gasteiger partial charge in [0.05, 0.1) is 0 Å². The molecule has 1 unspecified atom stereocenters. The van der Waals surface area contributed by atoms with Crippen LogP contribution in [-0.4, -0.2) is 25.5 Å². The highest BCUT2D eigenvalue weighted by Crippen LogP contribution is 2.13. The summed E-state index contributed by atoms with van der Waals surface area (Å²) in [5, 5.41) is 6.15. The van der Waals surface area contributed by atoms with E-state index in [1.807, 2.05) is 6.92 Å². The van der Waals surface area contributed by atoms with Gasteiger partial charge in [0.2, 0.25) is 5.91 Å². The summed E-state index contributed by atoms with van der Waals surface area (Å²) in [5.41, 5.74) is 1.15. The van der Waals surface area contributed by atoms with Crippen molar-refractivity contribution in [1.82, 2.24) is 10.6 Å². The van der Waals surface area contributed by atoms with Crippen molar-refractivity contribution in [2.24, 2.45) is 5.92 Å². The Morgan fingerprint density at radius 3 is 2.56 bits per heavy atom. The molecule has 0 bridgehead atoms. The van der Waals surface area contributed by atoms with Crippen LogP contribution in [0.3, 0.4) is 0 Å². The number of allylic oxidation sites excluding steroid dienone is 1. The lowest BCUT2D eigenvalue weighted by Gasteiger charge is -2.11. The van der Waals surface area contributed by atoms with Crippen LogP contribution >= 0.6 is 0 Å². The number of carbonyl (C=O) groups excluding carboxylic acids is 1. The van der Waals surface area contributed by atoms with Crippen LogP contribution in [0.1, 0.15) is 40.0 Å². The fourth-order valence-electron chi connectivity index (χ4n) is 1.27. The van der Waals surface area contributed by atoms with E-state index in [4.69, 9.17) is 0 Å². The second kappa shape index (κ2) is 9.40. The summed E-state index contributed by atoms with van der Waals surface area (Å²) in [6, 6.07) is 0. The molecule has 0 aliphatic heterocycles. The van der Waals surface area contributed by atoms with Gasteiger partial charge in [-0.15, -0.1) is 0 Å². The molecule has 1 atom stereocenters. The van der Waals surface area contributed by atoms with Crippen LogP contribution in [0.4, 0.5) is 0 Å². The van der Waals surface area contributed by atoms with Gasteiger partial charge in [0.25, 0.3) is 0 Å². The molecule has 0 aliphatic rings. The van der Waals surface area contributed by atoms with E-state index in [0.29, 0.717) is 12.3 Å². The molecule has 0 aliphatic carbocycles. The van der Waals surface area contributed by atoms with Crippen LogP contribution in [-0.2, 0) is 4.79 Å². The highest BCUT2D eigenvalue weighted by molar-refractivity contribution is 5.75. The van der Waals surface area contributed by atoms with Crippen molar-refractivity contribution in [3.63, 3.8) is 0 Å². The van der Waals surface area contributed by atoms with E-state index >= 15 is 0 Å². The van der Waals surface area contributed by atoms with Crippen LogP contribution in [0.2, 0.25) is 0 Å². The molecule has 0 saturated carbocycles. The van der Waals surface area contributed by atoms with Crippen molar-refractivity contribution in [3.05, 3.63) is 12.2 Å². The highest BCUT2D eigenvalue weighted by Gasteiger charge is 2.06. The van der Waals surface area contributed by atoms with Crippen molar-refractivity contribution >= 4 is 5.91 Å². The molecule has 3 heteroatoms. The molecule has 0 heterocycles. The van der Waals surface area contributed by atoms with Gasteiger partial charge in [0.15, 0.2) is 0 Å². The molecule has 0 aromatic rings. The van der Waals surface area contributed by atoms with Crippen molar-refractivity contribution in [2.45, 2.75) is 40.0 Å². The summed E-state index contributed by atoms with van der Waals surface area (Å²) in [6.07, 6.45) is 2.62. The third-order valence-corrected chi connectivity index (χ3v) is 2.70. The van der Waals surface area contributed by atoms with Gasteiger partial charge >= 0.3 is 0 Å². The first-order chi connectivity index (χ1) is 7.57. The van der Waals surface area contributed by atoms with Crippen LogP contribution < -0.4 is 10.6 Å². The molecular formula is C13H26N2O. The smallest absolute Gasteiger partial charge is 0.220 e. The maximum Gasteiger partial charge on any atom is 0.220 e. The summed E-state index contributed by atoms with van der Waals surface area (Å²) in [4.78, 5) is 11.4. The maximum atomic E-state index is 11.4. The first-order valence-electron chi connectivity index (χ1n) is 6.20. The zero-order chi connectivity index (χ0) is 12.4. The monoisotopic (exact) mass is 226 g/mol. The molecule has 0 rings (SSSR count). The van der Waals surface area contributed by atoms with E-state index in [0.717, 1.165) is 38.0 Å². The molecule has 0 fully saturated rings. The zero-order valence-corrected chi connectivity index (χ0v) is 10.9. The van der Waals surface area contributed by atoms with E-state index in [-0.39, 0.29) is 5.91 Å². The lowest BCUT2D eigenvalue weighted by Crippen LogP contribution is -2.32. The Labute approximate surface area is 99.7 Å². The fraction of sp³-hybridized carbons (Fsp3) is 0.769. The molecule has 16 heavy (non-hydrogen) atoms. The van der Waals surface area contributed by atoms with Gasteiger partial charge in [0, 0.05) is 19.5 Å². The molecule has 0 radical (unpaired) electrons. The van der Waals surface area contributed by atoms with Crippen LogP contribution in [0.15, 0.2) is 12.2 Å². The van der Waals surface area contributed by atoms with E-state index in [9.17, 15) is 4.79 Å². The highest BCUT2D eigenvalue weighted by atomic mass is 16.1. The Morgan fingerprint density at radius 2 is 2.00 bits per heavy atom. The molecule has 1 amide bonds. The van der Waals surface area contributed by atoms with Gasteiger partial charge in [-0.05, 0) is 32.2 Å². The topological polar surface area (TPSA) is 41.1 Å². The zero-order valence-electron chi connectivity index (χ0n) is 10.9. The lowest BCUT2D eigenvalue weighted by molar-refractivity contribution is -0.121. The summed E-state index contributed by atoms with van der Waals surface area (Å²) < 4.78 is 0. The second-order valence-electron chi connectivity index (χ2n) is 4.39. The maximum absolute atomic E-state index is 11.4. The van der Waals surface area contributed by atoms with Crippen LogP contribution in [0, 0.1) is 5.92 Å². The van der Waals surface area contributed by atoms with E-state index < -0.39 is 0 Å². The summed E-state index contributed by atoms with van der Waals surface area (Å²) in [7, 11) is 0. The normalized spacial score (nSPS) is 12.2. The Balaban J connectivity index is 3.41. The number of nitrogens with one attached hydrogen (secondary N) is 2. The van der Waals surface area contributed by atoms with E-state index in [1.165, 1.54) is 0 Å². The molecule has 0 aromatic heterocycles. The number of hydrogen-bond donors (Lipinski definition) is 2. The molecule has 0 saturated heterocycles. The minimum absolute atomic E-state index is 0.145. The van der Waals surface area contributed by atoms with Crippen LogP contribution in [0.25, 0.3) is 0 Å². The van der Waals surface area contributed by atoms with Gasteiger partial charge in [-0.1, -0.05) is 26.0 Å². The molecule has 0 spiro atoms. The van der Waals surface area contributed by atoms with Gasteiger partial charge in [-0.25, -0.2) is 0 Å². The number of carbonyl (C=O) groups is 1. The summed E-state index contributed by atoms with van der Waals surface area (Å²) >= 11 is 0. The van der Waals surface area contributed by atoms with E-state index in [1.54, 1.807) is 0 Å². The molecule has 2 N–H and O–H groups in total. The third kappa shape index (κ3) is 8.48. The van der Waals surface area contributed by atoms with Crippen molar-refractivity contribution in [2.75, 3.05) is 19.6 Å². The second-order valence-corrected chi connectivity index (χ2v) is 4.39. The number of amides is 1. The minimum Gasteiger partial charge on any atom is -0.355 e. The van der Waals surface area contributed by atoms with Crippen LogP contribution in [0.5, 0.6) is 0 Å². The number of rotatable bonds is 9. The largest absolute Gasteiger partial charge is 0.355 e. The van der Waals surface area contributed by atoms with E-state index in [2.05, 4.69) is 31.1 Å². The SMILES string of the molecule is C=C(C)C(C)CCC(=O)NCCNCCC. The third-order valence-electron chi connectivity index (χ3n) is 2.70. The first-order valence-corrected chi connectivity index (χ1v) is 6.20. The summed E-state index contributed by atoms with van der Waals surface area (Å²) in [6.45, 7) is 12.7. The Morgan fingerprint density at radius 1 is 1.31 bits per heavy atom. The van der Waals surface area contributed by atoms with Crippen molar-refractivity contribution in [1.29, 1.82) is 0 Å².